The Hall–Kier alpha value is -2.93. The summed E-state index contributed by atoms with van der Waals surface area (Å²) in [6.07, 6.45) is 2.53. The summed E-state index contributed by atoms with van der Waals surface area (Å²) in [5.74, 6) is 0.918. The summed E-state index contributed by atoms with van der Waals surface area (Å²) in [6, 6.07) is 9.39. The van der Waals surface area contributed by atoms with Gasteiger partial charge in [0.1, 0.15) is 6.04 Å². The van der Waals surface area contributed by atoms with Crippen molar-refractivity contribution in [2.45, 2.75) is 25.9 Å². The molecule has 4 rings (SSSR count). The number of H-pyrrole nitrogens is 1. The summed E-state index contributed by atoms with van der Waals surface area (Å²) in [5, 5.41) is 13.3. The monoisotopic (exact) mass is 337 g/mol. The Morgan fingerprint density at radius 2 is 2.16 bits per heavy atom. The fourth-order valence-corrected chi connectivity index (χ4v) is 2.96. The lowest BCUT2D eigenvalue weighted by Crippen LogP contribution is -2.30. The molecular weight excluding hydrogens is 318 g/mol. The number of aromatic amines is 1. The standard InChI is InChI=1S/C18H19N5O2/c1-11(18-20-10-15(25-18)12-5-3-2-4-6-12)21-17(24)16-13-9-19-8-7-14(13)22-23-16/h2-6,10-11,19H,7-9H2,1H3,(H,21,24)(H,22,23). The molecule has 1 atom stereocenters. The molecule has 0 radical (unpaired) electrons. The number of benzene rings is 1. The number of amides is 1. The molecule has 0 saturated carbocycles. The molecule has 2 aromatic heterocycles. The van der Waals surface area contributed by atoms with Crippen LogP contribution in [0.25, 0.3) is 11.3 Å². The average molecular weight is 337 g/mol. The number of carbonyl (C=O) groups is 1. The van der Waals surface area contributed by atoms with Crippen molar-refractivity contribution in [1.29, 1.82) is 0 Å². The van der Waals surface area contributed by atoms with E-state index < -0.39 is 0 Å². The Morgan fingerprint density at radius 1 is 1.32 bits per heavy atom. The smallest absolute Gasteiger partial charge is 0.272 e. The lowest BCUT2D eigenvalue weighted by atomic mass is 10.1. The number of hydrogen-bond donors (Lipinski definition) is 3. The Morgan fingerprint density at radius 3 is 3.00 bits per heavy atom. The highest BCUT2D eigenvalue weighted by Crippen LogP contribution is 2.23. The second-order valence-corrected chi connectivity index (χ2v) is 6.08. The minimum Gasteiger partial charge on any atom is -0.438 e. The topological polar surface area (TPSA) is 95.8 Å². The fraction of sp³-hybridized carbons (Fsp3) is 0.278. The van der Waals surface area contributed by atoms with Crippen molar-refractivity contribution in [3.8, 4) is 11.3 Å². The number of oxazole rings is 1. The van der Waals surface area contributed by atoms with E-state index in [1.807, 2.05) is 37.3 Å². The van der Waals surface area contributed by atoms with Crippen molar-refractivity contribution in [3.05, 3.63) is 59.4 Å². The third-order valence-electron chi connectivity index (χ3n) is 4.32. The molecule has 25 heavy (non-hydrogen) atoms. The van der Waals surface area contributed by atoms with Crippen LogP contribution in [0.1, 0.15) is 40.6 Å². The largest absolute Gasteiger partial charge is 0.438 e. The van der Waals surface area contributed by atoms with Gasteiger partial charge in [-0.2, -0.15) is 5.10 Å². The predicted octanol–water partition coefficient (Wildman–Crippen LogP) is 2.20. The number of nitrogens with zero attached hydrogens (tertiary/aromatic N) is 2. The van der Waals surface area contributed by atoms with E-state index in [-0.39, 0.29) is 11.9 Å². The van der Waals surface area contributed by atoms with E-state index in [0.717, 1.165) is 29.8 Å². The molecule has 1 amide bonds. The lowest BCUT2D eigenvalue weighted by Gasteiger charge is -2.14. The van der Waals surface area contributed by atoms with Gasteiger partial charge >= 0.3 is 0 Å². The summed E-state index contributed by atoms with van der Waals surface area (Å²) < 4.78 is 5.80. The van der Waals surface area contributed by atoms with Crippen LogP contribution in [0.15, 0.2) is 40.9 Å². The van der Waals surface area contributed by atoms with Gasteiger partial charge in [0.25, 0.3) is 5.91 Å². The highest BCUT2D eigenvalue weighted by atomic mass is 16.4. The van der Waals surface area contributed by atoms with E-state index in [4.69, 9.17) is 4.42 Å². The molecule has 7 heteroatoms. The molecule has 0 fully saturated rings. The maximum absolute atomic E-state index is 12.5. The van der Waals surface area contributed by atoms with Crippen LogP contribution in [0.2, 0.25) is 0 Å². The van der Waals surface area contributed by atoms with Crippen molar-refractivity contribution in [2.75, 3.05) is 6.54 Å². The molecule has 1 aliphatic rings. The summed E-state index contributed by atoms with van der Waals surface area (Å²) in [5.41, 5.74) is 3.35. The molecule has 3 heterocycles. The number of aromatic nitrogens is 3. The zero-order valence-corrected chi connectivity index (χ0v) is 13.9. The van der Waals surface area contributed by atoms with Crippen molar-refractivity contribution < 1.29 is 9.21 Å². The van der Waals surface area contributed by atoms with Gasteiger partial charge in [-0.1, -0.05) is 30.3 Å². The van der Waals surface area contributed by atoms with Crippen LogP contribution in [-0.2, 0) is 13.0 Å². The van der Waals surface area contributed by atoms with Crippen molar-refractivity contribution >= 4 is 5.91 Å². The molecule has 7 nitrogen and oxygen atoms in total. The van der Waals surface area contributed by atoms with Crippen LogP contribution in [0, 0.1) is 0 Å². The average Bonchev–Trinajstić information content (AvgIpc) is 3.30. The van der Waals surface area contributed by atoms with E-state index in [1.165, 1.54) is 0 Å². The van der Waals surface area contributed by atoms with Gasteiger partial charge in [0, 0.05) is 36.3 Å². The van der Waals surface area contributed by atoms with Gasteiger partial charge in [-0.3, -0.25) is 9.89 Å². The van der Waals surface area contributed by atoms with Crippen LogP contribution >= 0.6 is 0 Å². The highest BCUT2D eigenvalue weighted by Gasteiger charge is 2.24. The molecular formula is C18H19N5O2. The lowest BCUT2D eigenvalue weighted by molar-refractivity contribution is 0.0928. The van der Waals surface area contributed by atoms with Crippen molar-refractivity contribution in [2.24, 2.45) is 0 Å². The van der Waals surface area contributed by atoms with Gasteiger partial charge in [0.15, 0.2) is 11.5 Å². The third kappa shape index (κ3) is 3.06. The van der Waals surface area contributed by atoms with E-state index in [0.29, 0.717) is 23.9 Å². The quantitative estimate of drug-likeness (QED) is 0.678. The zero-order chi connectivity index (χ0) is 17.2. The minimum absolute atomic E-state index is 0.229. The second-order valence-electron chi connectivity index (χ2n) is 6.08. The fourth-order valence-electron chi connectivity index (χ4n) is 2.96. The predicted molar refractivity (Wildman–Crippen MR) is 91.8 cm³/mol. The summed E-state index contributed by atoms with van der Waals surface area (Å²) in [4.78, 5) is 16.8. The Labute approximate surface area is 144 Å². The molecule has 0 spiro atoms. The van der Waals surface area contributed by atoms with Crippen molar-refractivity contribution in [3.63, 3.8) is 0 Å². The van der Waals surface area contributed by atoms with Crippen LogP contribution in [0.5, 0.6) is 0 Å². The van der Waals surface area contributed by atoms with Crippen LogP contribution in [-0.4, -0.2) is 27.6 Å². The Balaban J connectivity index is 1.49. The number of nitrogens with one attached hydrogen (secondary N) is 3. The molecule has 1 aliphatic heterocycles. The Kier molecular flexibility index (Phi) is 4.07. The first kappa shape index (κ1) is 15.6. The van der Waals surface area contributed by atoms with Gasteiger partial charge < -0.3 is 15.1 Å². The number of hydrogen-bond acceptors (Lipinski definition) is 5. The van der Waals surface area contributed by atoms with Gasteiger partial charge in [-0.05, 0) is 6.92 Å². The van der Waals surface area contributed by atoms with Crippen LogP contribution < -0.4 is 10.6 Å². The zero-order valence-electron chi connectivity index (χ0n) is 13.9. The van der Waals surface area contributed by atoms with Gasteiger partial charge in [-0.15, -0.1) is 0 Å². The second kappa shape index (κ2) is 6.52. The summed E-state index contributed by atoms with van der Waals surface area (Å²) in [7, 11) is 0. The van der Waals surface area contributed by atoms with E-state index in [2.05, 4.69) is 25.8 Å². The normalized spacial score (nSPS) is 14.8. The summed E-state index contributed by atoms with van der Waals surface area (Å²) in [6.45, 7) is 3.39. The molecule has 1 aromatic carbocycles. The number of carbonyl (C=O) groups excluding carboxylic acids is 1. The molecule has 0 bridgehead atoms. The van der Waals surface area contributed by atoms with Gasteiger partial charge in [0.2, 0.25) is 5.89 Å². The van der Waals surface area contributed by atoms with Crippen LogP contribution in [0.3, 0.4) is 0 Å². The maximum atomic E-state index is 12.5. The SMILES string of the molecule is CC(NC(=O)c1n[nH]c2c1CNCC2)c1ncc(-c2ccccc2)o1. The number of fused-ring (bicyclic) bond motifs is 1. The highest BCUT2D eigenvalue weighted by molar-refractivity contribution is 5.94. The first-order chi connectivity index (χ1) is 12.2. The molecule has 0 aliphatic carbocycles. The first-order valence-corrected chi connectivity index (χ1v) is 8.31. The van der Waals surface area contributed by atoms with E-state index in [9.17, 15) is 4.79 Å². The van der Waals surface area contributed by atoms with Crippen LogP contribution in [0.4, 0.5) is 0 Å². The Bertz CT molecular complexity index is 884. The van der Waals surface area contributed by atoms with E-state index >= 15 is 0 Å². The minimum atomic E-state index is -0.353. The molecule has 3 aromatic rings. The van der Waals surface area contributed by atoms with E-state index in [1.54, 1.807) is 6.20 Å². The van der Waals surface area contributed by atoms with Crippen molar-refractivity contribution in [1.82, 2.24) is 25.8 Å². The molecule has 3 N–H and O–H groups in total. The molecule has 0 saturated heterocycles. The summed E-state index contributed by atoms with van der Waals surface area (Å²) >= 11 is 0. The van der Waals surface area contributed by atoms with Gasteiger partial charge in [0.05, 0.1) is 6.20 Å². The van der Waals surface area contributed by atoms with Gasteiger partial charge in [-0.25, -0.2) is 4.98 Å². The molecule has 128 valence electrons. The molecule has 1 unspecified atom stereocenters. The number of rotatable bonds is 4. The third-order valence-corrected chi connectivity index (χ3v) is 4.32. The first-order valence-electron chi connectivity index (χ1n) is 8.31. The maximum Gasteiger partial charge on any atom is 0.272 e.